The number of aliphatic hydroxyl groups is 1. The van der Waals surface area contributed by atoms with E-state index in [1.54, 1.807) is 12.2 Å². The molecule has 0 spiro atoms. The molecule has 6 N–H and O–H groups in total. The van der Waals surface area contributed by atoms with Crippen LogP contribution in [0.4, 0.5) is 0 Å². The lowest BCUT2D eigenvalue weighted by atomic mass is 9.96. The Morgan fingerprint density at radius 1 is 0.763 bits per heavy atom. The molecule has 3 aromatic heterocycles. The van der Waals surface area contributed by atoms with Gasteiger partial charge in [-0.05, 0) is 152 Å². The second kappa shape index (κ2) is 19.8. The molecule has 2 aliphatic heterocycles. The van der Waals surface area contributed by atoms with Crippen molar-refractivity contribution in [3.63, 3.8) is 0 Å². The zero-order valence-electron chi connectivity index (χ0n) is 35.6. The van der Waals surface area contributed by atoms with Gasteiger partial charge in [-0.1, -0.05) is 47.6 Å². The topological polar surface area (TPSA) is 172 Å². The maximum Gasteiger partial charge on any atom is 0.303 e. The molecular weight excluding hydrogens is 741 g/mol. The molecule has 2 aliphatic rings. The fourth-order valence-electron chi connectivity index (χ4n) is 8.12. The van der Waals surface area contributed by atoms with Crippen molar-refractivity contribution in [2.75, 3.05) is 0 Å². The minimum absolute atomic E-state index is 0.0845. The van der Waals surface area contributed by atoms with Gasteiger partial charge < -0.3 is 30.3 Å². The number of aromatic nitrogens is 3. The van der Waals surface area contributed by atoms with Crippen LogP contribution >= 0.6 is 0 Å². The van der Waals surface area contributed by atoms with E-state index in [4.69, 9.17) is 4.99 Å². The SMILES string of the molecule is C=Cc1c2[nH]c(c1C)C=c1[nH]c(c(C)c1C(O)CC/C=C(\C)CC/C=C(\C)CCC=C(C)C)=CC1=NC(C=c3[nH]c(c(C)c3CCC(=O)O)=C2)C(CCC(=O)O)=C1C=O. The zero-order chi connectivity index (χ0) is 43.0. The lowest BCUT2D eigenvalue weighted by Crippen LogP contribution is -2.17. The number of H-pyrrole nitrogens is 3. The van der Waals surface area contributed by atoms with Crippen LogP contribution in [0, 0.1) is 20.8 Å². The highest BCUT2D eigenvalue weighted by molar-refractivity contribution is 6.31. The van der Waals surface area contributed by atoms with Crippen molar-refractivity contribution < 1.29 is 29.7 Å². The summed E-state index contributed by atoms with van der Waals surface area (Å²) in [6, 6.07) is -0.672. The van der Waals surface area contributed by atoms with Crippen molar-refractivity contribution in [1.82, 2.24) is 15.0 Å². The fourth-order valence-corrected chi connectivity index (χ4v) is 8.12. The number of carboxylic acids is 2. The molecule has 0 saturated heterocycles. The molecule has 2 atom stereocenters. The second-order valence-corrected chi connectivity index (χ2v) is 16.2. The zero-order valence-corrected chi connectivity index (χ0v) is 35.6. The molecule has 0 radical (unpaired) electrons. The highest BCUT2D eigenvalue weighted by Gasteiger charge is 2.27. The van der Waals surface area contributed by atoms with Gasteiger partial charge in [0.2, 0.25) is 0 Å². The van der Waals surface area contributed by atoms with Gasteiger partial charge in [-0.2, -0.15) is 0 Å². The number of allylic oxidation sites excluding steroid dienone is 7. The van der Waals surface area contributed by atoms with Crippen molar-refractivity contribution >= 4 is 54.3 Å². The van der Waals surface area contributed by atoms with Gasteiger partial charge in [-0.15, -0.1) is 0 Å². The van der Waals surface area contributed by atoms with E-state index in [0.29, 0.717) is 45.7 Å². The van der Waals surface area contributed by atoms with E-state index in [9.17, 15) is 29.7 Å². The van der Waals surface area contributed by atoms with Crippen LogP contribution in [-0.2, 0) is 20.8 Å². The number of nitrogens with zero attached hydrogens (tertiary/aromatic N) is 1. The number of hydrogen-bond acceptors (Lipinski definition) is 5. The molecule has 0 saturated carbocycles. The van der Waals surface area contributed by atoms with Gasteiger partial charge in [0.05, 0.1) is 17.9 Å². The number of nitrogens with one attached hydrogen (secondary N) is 3. The Bertz CT molecular complexity index is 2540. The van der Waals surface area contributed by atoms with Gasteiger partial charge >= 0.3 is 11.9 Å². The number of rotatable bonds is 18. The normalized spacial score (nSPS) is 15.7. The lowest BCUT2D eigenvalue weighted by molar-refractivity contribution is -0.138. The molecule has 0 aliphatic carbocycles. The first kappa shape index (κ1) is 44.4. The summed E-state index contributed by atoms with van der Waals surface area (Å²) in [5, 5.41) is 33.9. The highest BCUT2D eigenvalue weighted by atomic mass is 16.4. The van der Waals surface area contributed by atoms with Gasteiger partial charge in [-0.3, -0.25) is 19.4 Å². The maximum atomic E-state index is 12.8. The molecule has 0 fully saturated rings. The van der Waals surface area contributed by atoms with E-state index in [2.05, 4.69) is 67.5 Å². The molecule has 0 aromatic carbocycles. The standard InChI is InChI=1S/C49H60N4O6/c1-9-34-31(6)39-25-45-49(46(55)18-12-17-30(5)16-11-15-29(4)14-10-13-28(2)3)33(8)40(52-45)24-44-37(27-54)36(20-22-48(58)59)43(53-44)26-42-35(19-21-47(56)57)32(7)38(51-42)23-41(34)50-39/h9,13,15,17,23-27,43,46,50-52,55H,1,10-12,14,16,18-22H2,2-8H3,(H,56,57)(H,58,59)/b29-15+,30-17+,38-23?,40-24?,42-26?,45-25?. The molecule has 3 aromatic rings. The largest absolute Gasteiger partial charge is 0.481 e. The third-order valence-corrected chi connectivity index (χ3v) is 11.5. The van der Waals surface area contributed by atoms with Gasteiger partial charge in [-0.25, -0.2) is 0 Å². The van der Waals surface area contributed by atoms with Crippen LogP contribution in [0.3, 0.4) is 0 Å². The number of fused-ring (bicyclic) bond motifs is 7. The predicted molar refractivity (Wildman–Crippen MR) is 238 cm³/mol. The number of aromatic amines is 3. The van der Waals surface area contributed by atoms with Gasteiger partial charge in [0, 0.05) is 62.3 Å². The number of aliphatic carboxylic acids is 2. The minimum atomic E-state index is -0.993. The van der Waals surface area contributed by atoms with E-state index in [1.807, 2.05) is 39.0 Å². The van der Waals surface area contributed by atoms with Gasteiger partial charge in [0.25, 0.3) is 0 Å². The second-order valence-electron chi connectivity index (χ2n) is 16.2. The smallest absolute Gasteiger partial charge is 0.303 e. The minimum Gasteiger partial charge on any atom is -0.481 e. The average Bonchev–Trinajstić information content (AvgIpc) is 3.85. The summed E-state index contributed by atoms with van der Waals surface area (Å²) in [7, 11) is 0. The van der Waals surface area contributed by atoms with Gasteiger partial charge in [0.15, 0.2) is 6.29 Å². The number of aliphatic hydroxyl groups excluding tert-OH is 1. The van der Waals surface area contributed by atoms with Crippen molar-refractivity contribution in [3.8, 4) is 0 Å². The Labute approximate surface area is 346 Å². The Morgan fingerprint density at radius 3 is 2.02 bits per heavy atom. The first-order valence-electron chi connectivity index (χ1n) is 20.6. The molecule has 5 heterocycles. The van der Waals surface area contributed by atoms with E-state index in [0.717, 1.165) is 82.1 Å². The van der Waals surface area contributed by atoms with E-state index in [-0.39, 0.29) is 25.7 Å². The number of aliphatic imine (C=N–C) groups is 1. The van der Waals surface area contributed by atoms with Crippen molar-refractivity contribution in [2.45, 2.75) is 125 Å². The lowest BCUT2D eigenvalue weighted by Gasteiger charge is -2.10. The monoisotopic (exact) mass is 800 g/mol. The van der Waals surface area contributed by atoms with Crippen LogP contribution < -0.4 is 21.4 Å². The summed E-state index contributed by atoms with van der Waals surface area (Å²) in [5.41, 5.74) is 12.1. The fraction of sp³-hybridized carbons (Fsp3) is 0.388. The van der Waals surface area contributed by atoms with Crippen molar-refractivity contribution in [1.29, 1.82) is 0 Å². The number of hydrogen-bond donors (Lipinski definition) is 6. The number of carbonyl (C=O) groups excluding carboxylic acids is 1. The Kier molecular flexibility index (Phi) is 14.9. The molecule has 5 rings (SSSR count). The third kappa shape index (κ3) is 10.9. The molecular formula is C49H60N4O6. The molecule has 59 heavy (non-hydrogen) atoms. The van der Waals surface area contributed by atoms with E-state index >= 15 is 0 Å². The predicted octanol–water partition coefficient (Wildman–Crippen LogP) is 6.90. The molecule has 10 heteroatoms. The Balaban J connectivity index is 1.62. The van der Waals surface area contributed by atoms with E-state index < -0.39 is 24.1 Å². The summed E-state index contributed by atoms with van der Waals surface area (Å²) in [6.45, 7) is 18.6. The quantitative estimate of drug-likeness (QED) is 0.0604. The van der Waals surface area contributed by atoms with Crippen molar-refractivity contribution in [3.05, 3.63) is 119 Å². The first-order chi connectivity index (χ1) is 28.1. The van der Waals surface area contributed by atoms with Crippen LogP contribution in [-0.4, -0.2) is 60.2 Å². The van der Waals surface area contributed by atoms with Crippen LogP contribution in [0.1, 0.15) is 136 Å². The van der Waals surface area contributed by atoms with Gasteiger partial charge in [0.1, 0.15) is 0 Å². The van der Waals surface area contributed by atoms with Crippen LogP contribution in [0.2, 0.25) is 0 Å². The molecule has 0 amide bonds. The van der Waals surface area contributed by atoms with Crippen LogP contribution in [0.25, 0.3) is 30.4 Å². The maximum absolute atomic E-state index is 12.8. The first-order valence-corrected chi connectivity index (χ1v) is 20.6. The Morgan fingerprint density at radius 2 is 1.37 bits per heavy atom. The summed E-state index contributed by atoms with van der Waals surface area (Å²) in [4.78, 5) is 51.9. The summed E-state index contributed by atoms with van der Waals surface area (Å²) < 4.78 is 0. The molecule has 2 unspecified atom stereocenters. The number of aldehydes is 1. The van der Waals surface area contributed by atoms with Crippen molar-refractivity contribution in [2.24, 2.45) is 4.99 Å². The molecule has 312 valence electrons. The molecule has 8 bridgehead atoms. The van der Waals surface area contributed by atoms with E-state index in [1.165, 1.54) is 16.7 Å². The Hall–Kier alpha value is -5.74. The summed E-state index contributed by atoms with van der Waals surface area (Å²) in [6.07, 6.45) is 21.6. The van der Waals surface area contributed by atoms with Crippen LogP contribution in [0.5, 0.6) is 0 Å². The summed E-state index contributed by atoms with van der Waals surface area (Å²) >= 11 is 0. The third-order valence-electron chi connectivity index (χ3n) is 11.5. The average molecular weight is 801 g/mol. The van der Waals surface area contributed by atoms with Crippen LogP contribution in [0.15, 0.2) is 57.7 Å². The highest BCUT2D eigenvalue weighted by Crippen LogP contribution is 2.28. The summed E-state index contributed by atoms with van der Waals surface area (Å²) in [5.74, 6) is -1.92. The number of carbonyl (C=O) groups is 3. The number of carboxylic acid groups (broad SMARTS) is 2. The molecule has 10 nitrogen and oxygen atoms in total.